The molecule has 0 saturated carbocycles. The van der Waals surface area contributed by atoms with E-state index in [2.05, 4.69) is 0 Å². The number of nitrogens with two attached hydrogens (primary N) is 2. The lowest BCUT2D eigenvalue weighted by atomic mass is 10.5. The summed E-state index contributed by atoms with van der Waals surface area (Å²) in [6.45, 7) is 13.4. The normalized spacial score (nSPS) is 12.6. The molecule has 0 radical (unpaired) electrons. The predicted molar refractivity (Wildman–Crippen MR) is 118 cm³/mol. The first-order valence-electron chi connectivity index (χ1n) is 10.1. The van der Waals surface area contributed by atoms with Crippen LogP contribution in [-0.2, 0) is 26.6 Å². The molecule has 10 heteroatoms. The molecule has 0 amide bonds. The van der Waals surface area contributed by atoms with Crippen molar-refractivity contribution < 1.29 is 26.6 Å². The number of hydrogen-bond donors (Lipinski definition) is 2. The van der Waals surface area contributed by atoms with Gasteiger partial charge in [0.2, 0.25) is 0 Å². The Labute approximate surface area is 175 Å². The minimum absolute atomic E-state index is 0.108. The Balaban J connectivity index is 0. The Morgan fingerprint density at radius 2 is 0.857 bits per heavy atom. The van der Waals surface area contributed by atoms with Gasteiger partial charge >= 0.3 is 17.6 Å². The van der Waals surface area contributed by atoms with E-state index >= 15 is 0 Å². The van der Waals surface area contributed by atoms with Crippen LogP contribution in [0.5, 0.6) is 0 Å². The standard InChI is InChI=1S/C12H29NO3Si.C6H17NO3Si/c1-10(2)14-17(9-7-8-13,15-11(3)4)16-12(5)6;1-8-11(9-2,10-3)6-4-5-7/h10-12H,7-9,13H2,1-6H3;4-7H2,1-3H3. The van der Waals surface area contributed by atoms with E-state index in [1.165, 1.54) is 0 Å². The van der Waals surface area contributed by atoms with Gasteiger partial charge in [-0.25, -0.2) is 0 Å². The van der Waals surface area contributed by atoms with Crippen molar-refractivity contribution in [2.45, 2.75) is 84.8 Å². The molecule has 0 aliphatic heterocycles. The quantitative estimate of drug-likeness (QED) is 0.373. The highest BCUT2D eigenvalue weighted by Crippen LogP contribution is 2.23. The summed E-state index contributed by atoms with van der Waals surface area (Å²) < 4.78 is 33.5. The molecule has 0 aromatic rings. The highest BCUT2D eigenvalue weighted by atomic mass is 28.4. The first kappa shape index (κ1) is 30.3. The molecule has 28 heavy (non-hydrogen) atoms. The van der Waals surface area contributed by atoms with Gasteiger partial charge in [-0.3, -0.25) is 0 Å². The van der Waals surface area contributed by atoms with Crippen molar-refractivity contribution in [3.63, 3.8) is 0 Å². The van der Waals surface area contributed by atoms with Gasteiger partial charge in [0, 0.05) is 51.7 Å². The zero-order chi connectivity index (χ0) is 22.2. The van der Waals surface area contributed by atoms with Gasteiger partial charge in [-0.2, -0.15) is 0 Å². The highest BCUT2D eigenvalue weighted by molar-refractivity contribution is 6.61. The Morgan fingerprint density at radius 3 is 1.07 bits per heavy atom. The third-order valence-electron chi connectivity index (χ3n) is 3.55. The van der Waals surface area contributed by atoms with Crippen molar-refractivity contribution in [3.05, 3.63) is 0 Å². The second kappa shape index (κ2) is 16.9. The van der Waals surface area contributed by atoms with Crippen LogP contribution in [0.4, 0.5) is 0 Å². The van der Waals surface area contributed by atoms with Crippen molar-refractivity contribution in [2.75, 3.05) is 34.4 Å². The second-order valence-electron chi connectivity index (χ2n) is 7.26. The minimum atomic E-state index is -2.59. The Kier molecular flexibility index (Phi) is 18.3. The van der Waals surface area contributed by atoms with E-state index in [1.54, 1.807) is 21.3 Å². The summed E-state index contributed by atoms with van der Waals surface area (Å²) in [6, 6.07) is 1.57. The molecule has 0 aliphatic carbocycles. The van der Waals surface area contributed by atoms with E-state index in [1.807, 2.05) is 41.5 Å². The molecule has 0 rings (SSSR count). The van der Waals surface area contributed by atoms with Crippen molar-refractivity contribution in [2.24, 2.45) is 11.5 Å². The summed E-state index contributed by atoms with van der Waals surface area (Å²) in [7, 11) is -0.0835. The van der Waals surface area contributed by atoms with Crippen LogP contribution < -0.4 is 11.5 Å². The molecular weight excluding hydrogens is 396 g/mol. The van der Waals surface area contributed by atoms with Crippen LogP contribution in [-0.4, -0.2) is 70.3 Å². The zero-order valence-electron chi connectivity index (χ0n) is 19.6. The smallest absolute Gasteiger partial charge is 0.377 e. The fourth-order valence-electron chi connectivity index (χ4n) is 2.53. The molecule has 0 heterocycles. The average Bonchev–Trinajstić information content (AvgIpc) is 2.60. The lowest BCUT2D eigenvalue weighted by Gasteiger charge is -2.34. The lowest BCUT2D eigenvalue weighted by Crippen LogP contribution is -2.50. The molecule has 0 bridgehead atoms. The highest BCUT2D eigenvalue weighted by Gasteiger charge is 2.43. The van der Waals surface area contributed by atoms with Gasteiger partial charge in [0.05, 0.1) is 0 Å². The molecule has 4 N–H and O–H groups in total. The van der Waals surface area contributed by atoms with Crippen molar-refractivity contribution in [1.82, 2.24) is 0 Å². The third-order valence-corrected chi connectivity index (χ3v) is 9.84. The number of hydrogen-bond acceptors (Lipinski definition) is 8. The first-order chi connectivity index (χ1) is 13.1. The van der Waals surface area contributed by atoms with E-state index in [-0.39, 0.29) is 18.3 Å². The SMILES string of the molecule is CC(C)O[Si](CCCN)(OC(C)C)OC(C)C.CO[Si](CCCN)(OC)OC. The molecule has 172 valence electrons. The van der Waals surface area contributed by atoms with Gasteiger partial charge in [0.1, 0.15) is 0 Å². The largest absolute Gasteiger partial charge is 0.501 e. The summed E-state index contributed by atoms with van der Waals surface area (Å²) in [5.41, 5.74) is 10.9. The van der Waals surface area contributed by atoms with Crippen molar-refractivity contribution in [1.29, 1.82) is 0 Å². The minimum Gasteiger partial charge on any atom is -0.377 e. The zero-order valence-corrected chi connectivity index (χ0v) is 21.6. The summed E-state index contributed by atoms with van der Waals surface area (Å²) in [4.78, 5) is 0. The maximum Gasteiger partial charge on any atom is 0.501 e. The summed E-state index contributed by atoms with van der Waals surface area (Å²) >= 11 is 0. The van der Waals surface area contributed by atoms with Gasteiger partial charge in [0.25, 0.3) is 0 Å². The maximum atomic E-state index is 6.00. The fraction of sp³-hybridized carbons (Fsp3) is 1.00. The lowest BCUT2D eigenvalue weighted by molar-refractivity contribution is 0.00300. The topological polar surface area (TPSA) is 107 Å². The molecular formula is C18H46N2O6Si2. The van der Waals surface area contributed by atoms with Gasteiger partial charge in [-0.1, -0.05) is 0 Å². The molecule has 0 fully saturated rings. The van der Waals surface area contributed by atoms with Crippen LogP contribution in [0.15, 0.2) is 0 Å². The summed E-state index contributed by atoms with van der Waals surface area (Å²) in [5, 5.41) is 0. The molecule has 0 aromatic carbocycles. The van der Waals surface area contributed by atoms with E-state index in [0.717, 1.165) is 24.9 Å². The summed E-state index contributed by atoms with van der Waals surface area (Å²) in [6.07, 6.45) is 2.07. The Hall–Kier alpha value is 0.114. The van der Waals surface area contributed by atoms with Gasteiger partial charge in [-0.05, 0) is 67.5 Å². The monoisotopic (exact) mass is 442 g/mol. The molecule has 0 aliphatic rings. The predicted octanol–water partition coefficient (Wildman–Crippen LogP) is 2.76. The van der Waals surface area contributed by atoms with Crippen LogP contribution in [0.25, 0.3) is 0 Å². The van der Waals surface area contributed by atoms with Crippen LogP contribution in [0, 0.1) is 0 Å². The van der Waals surface area contributed by atoms with Gasteiger partial charge in [0.15, 0.2) is 0 Å². The van der Waals surface area contributed by atoms with E-state index in [4.69, 9.17) is 38.0 Å². The average molecular weight is 443 g/mol. The van der Waals surface area contributed by atoms with Gasteiger partial charge < -0.3 is 38.0 Å². The van der Waals surface area contributed by atoms with Gasteiger partial charge in [-0.15, -0.1) is 0 Å². The number of rotatable bonds is 15. The van der Waals surface area contributed by atoms with E-state index < -0.39 is 17.6 Å². The Bertz CT molecular complexity index is 324. The molecule has 0 saturated heterocycles. The molecule has 0 atom stereocenters. The van der Waals surface area contributed by atoms with Crippen LogP contribution in [0.1, 0.15) is 54.4 Å². The van der Waals surface area contributed by atoms with Crippen molar-refractivity contribution >= 4 is 17.6 Å². The summed E-state index contributed by atoms with van der Waals surface area (Å²) in [5.74, 6) is 0. The van der Waals surface area contributed by atoms with Crippen LogP contribution in [0.3, 0.4) is 0 Å². The fourth-order valence-corrected chi connectivity index (χ4v) is 7.59. The molecule has 0 spiro atoms. The molecule has 0 unspecified atom stereocenters. The van der Waals surface area contributed by atoms with Crippen LogP contribution in [0.2, 0.25) is 12.1 Å². The van der Waals surface area contributed by atoms with E-state index in [9.17, 15) is 0 Å². The third kappa shape index (κ3) is 14.2. The first-order valence-corrected chi connectivity index (χ1v) is 14.0. The molecule has 8 nitrogen and oxygen atoms in total. The van der Waals surface area contributed by atoms with E-state index in [0.29, 0.717) is 13.1 Å². The molecule has 0 aromatic heterocycles. The Morgan fingerprint density at radius 1 is 0.571 bits per heavy atom. The maximum absolute atomic E-state index is 6.00. The van der Waals surface area contributed by atoms with Crippen molar-refractivity contribution in [3.8, 4) is 0 Å². The van der Waals surface area contributed by atoms with Crippen LogP contribution >= 0.6 is 0 Å². The second-order valence-corrected chi connectivity index (χ2v) is 12.9.